The molecule has 0 fully saturated rings. The van der Waals surface area contributed by atoms with Crippen molar-refractivity contribution in [3.63, 3.8) is 0 Å². The predicted octanol–water partition coefficient (Wildman–Crippen LogP) is 3.37. The van der Waals surface area contributed by atoms with Gasteiger partial charge < -0.3 is 0 Å². The van der Waals surface area contributed by atoms with E-state index in [1.165, 1.54) is 0 Å². The maximum Gasteiger partial charge on any atom is 0.0904 e. The molecule has 2 aromatic carbocycles. The summed E-state index contributed by atoms with van der Waals surface area (Å²) in [5, 5.41) is 0. The Kier molecular flexibility index (Phi) is 3.50. The van der Waals surface area contributed by atoms with Crippen LogP contribution >= 0.6 is 0 Å². The topological polar surface area (TPSA) is 24.7 Å². The Bertz CT molecular complexity index is 542. The maximum absolute atomic E-state index is 4.74. The molecule has 0 bridgehead atoms. The van der Waals surface area contributed by atoms with Crippen molar-refractivity contribution in [1.29, 1.82) is 0 Å². The molecule has 0 aliphatic carbocycles. The number of benzene rings is 2. The second-order valence-electron chi connectivity index (χ2n) is 4.55. The van der Waals surface area contributed by atoms with Gasteiger partial charge in [0.2, 0.25) is 0 Å². The van der Waals surface area contributed by atoms with Gasteiger partial charge in [-0.1, -0.05) is 60.7 Å². The SMILES string of the molecule is c1ccc(C2=NCCCN=C2c2ccccc2)cc1. The van der Waals surface area contributed by atoms with Crippen molar-refractivity contribution in [3.8, 4) is 0 Å². The van der Waals surface area contributed by atoms with Crippen LogP contribution in [0.5, 0.6) is 0 Å². The fraction of sp³-hybridized carbons (Fsp3) is 0.176. The Balaban J connectivity index is 2.07. The summed E-state index contributed by atoms with van der Waals surface area (Å²) in [6, 6.07) is 20.6. The molecule has 0 spiro atoms. The number of hydrogen-bond acceptors (Lipinski definition) is 2. The van der Waals surface area contributed by atoms with E-state index in [9.17, 15) is 0 Å². The first-order chi connectivity index (χ1) is 9.45. The Morgan fingerprint density at radius 1 is 0.579 bits per heavy atom. The first kappa shape index (κ1) is 11.8. The van der Waals surface area contributed by atoms with Crippen LogP contribution in [0.2, 0.25) is 0 Å². The maximum atomic E-state index is 4.74. The average molecular weight is 248 g/mol. The molecule has 0 amide bonds. The Labute approximate surface area is 113 Å². The molecule has 0 atom stereocenters. The van der Waals surface area contributed by atoms with Gasteiger partial charge in [-0.2, -0.15) is 0 Å². The molecular formula is C17H16N2. The molecule has 1 heterocycles. The van der Waals surface area contributed by atoms with Gasteiger partial charge in [0, 0.05) is 24.2 Å². The second-order valence-corrected chi connectivity index (χ2v) is 4.55. The molecule has 2 nitrogen and oxygen atoms in total. The van der Waals surface area contributed by atoms with Gasteiger partial charge in [-0.05, 0) is 6.42 Å². The summed E-state index contributed by atoms with van der Waals surface area (Å²) in [4.78, 5) is 9.47. The lowest BCUT2D eigenvalue weighted by Crippen LogP contribution is -2.17. The molecule has 2 aromatic rings. The standard InChI is InChI=1S/C17H16N2/c1-3-8-14(9-4-1)16-17(19-13-7-12-18-16)15-10-5-2-6-11-15/h1-6,8-11H,7,12-13H2. The number of rotatable bonds is 2. The van der Waals surface area contributed by atoms with Crippen LogP contribution in [0.15, 0.2) is 70.6 Å². The van der Waals surface area contributed by atoms with Gasteiger partial charge in [-0.3, -0.25) is 9.98 Å². The lowest BCUT2D eigenvalue weighted by Gasteiger charge is -2.09. The van der Waals surface area contributed by atoms with Crippen molar-refractivity contribution in [2.24, 2.45) is 9.98 Å². The normalized spacial score (nSPS) is 15.4. The van der Waals surface area contributed by atoms with Crippen LogP contribution in [-0.2, 0) is 0 Å². The van der Waals surface area contributed by atoms with Crippen molar-refractivity contribution in [3.05, 3.63) is 71.8 Å². The molecule has 0 saturated carbocycles. The fourth-order valence-corrected chi connectivity index (χ4v) is 2.25. The molecule has 0 aromatic heterocycles. The summed E-state index contributed by atoms with van der Waals surface area (Å²) in [5.41, 5.74) is 4.33. The van der Waals surface area contributed by atoms with Gasteiger partial charge in [-0.15, -0.1) is 0 Å². The van der Waals surface area contributed by atoms with Gasteiger partial charge in [0.1, 0.15) is 0 Å². The van der Waals surface area contributed by atoms with Crippen LogP contribution in [0.3, 0.4) is 0 Å². The largest absolute Gasteiger partial charge is 0.282 e. The van der Waals surface area contributed by atoms with Gasteiger partial charge in [-0.25, -0.2) is 0 Å². The molecule has 0 radical (unpaired) electrons. The molecule has 0 N–H and O–H groups in total. The Hall–Kier alpha value is -2.22. The summed E-state index contributed by atoms with van der Waals surface area (Å²) < 4.78 is 0. The van der Waals surface area contributed by atoms with Crippen LogP contribution in [0.1, 0.15) is 17.5 Å². The number of nitrogens with zero attached hydrogens (tertiary/aromatic N) is 2. The minimum absolute atomic E-state index is 0.851. The summed E-state index contributed by atoms with van der Waals surface area (Å²) in [6.07, 6.45) is 1.02. The van der Waals surface area contributed by atoms with Gasteiger partial charge >= 0.3 is 0 Å². The van der Waals surface area contributed by atoms with Crippen molar-refractivity contribution in [2.45, 2.75) is 6.42 Å². The third-order valence-corrected chi connectivity index (χ3v) is 3.17. The van der Waals surface area contributed by atoms with E-state index in [1.807, 2.05) is 36.4 Å². The quantitative estimate of drug-likeness (QED) is 0.778. The van der Waals surface area contributed by atoms with E-state index in [0.29, 0.717) is 0 Å². The second kappa shape index (κ2) is 5.61. The smallest absolute Gasteiger partial charge is 0.0904 e. The van der Waals surface area contributed by atoms with Gasteiger partial charge in [0.05, 0.1) is 11.4 Å². The first-order valence-corrected chi connectivity index (χ1v) is 6.65. The van der Waals surface area contributed by atoms with E-state index in [1.54, 1.807) is 0 Å². The predicted molar refractivity (Wildman–Crippen MR) is 80.3 cm³/mol. The number of aliphatic imine (C=N–C) groups is 2. The molecule has 1 aliphatic rings. The summed E-state index contributed by atoms with van der Waals surface area (Å²) in [6.45, 7) is 1.70. The fourth-order valence-electron chi connectivity index (χ4n) is 2.25. The molecule has 0 saturated heterocycles. The van der Waals surface area contributed by atoms with E-state index in [0.717, 1.165) is 42.1 Å². The van der Waals surface area contributed by atoms with E-state index < -0.39 is 0 Å². The summed E-state index contributed by atoms with van der Waals surface area (Å²) in [7, 11) is 0. The van der Waals surface area contributed by atoms with Gasteiger partial charge in [0.25, 0.3) is 0 Å². The highest BCUT2D eigenvalue weighted by atomic mass is 14.8. The molecule has 3 rings (SSSR count). The van der Waals surface area contributed by atoms with Crippen LogP contribution in [0.4, 0.5) is 0 Å². The Morgan fingerprint density at radius 2 is 1.00 bits per heavy atom. The third-order valence-electron chi connectivity index (χ3n) is 3.17. The van der Waals surface area contributed by atoms with Crippen LogP contribution < -0.4 is 0 Å². The summed E-state index contributed by atoms with van der Waals surface area (Å²) in [5.74, 6) is 0. The number of hydrogen-bond donors (Lipinski definition) is 0. The lowest BCUT2D eigenvalue weighted by molar-refractivity contribution is 0.857. The molecule has 1 aliphatic heterocycles. The van der Waals surface area contributed by atoms with Crippen LogP contribution in [0, 0.1) is 0 Å². The van der Waals surface area contributed by atoms with E-state index >= 15 is 0 Å². The van der Waals surface area contributed by atoms with Crippen molar-refractivity contribution in [1.82, 2.24) is 0 Å². The first-order valence-electron chi connectivity index (χ1n) is 6.65. The van der Waals surface area contributed by atoms with E-state index in [-0.39, 0.29) is 0 Å². The van der Waals surface area contributed by atoms with Crippen LogP contribution in [0.25, 0.3) is 0 Å². The van der Waals surface area contributed by atoms with Crippen molar-refractivity contribution < 1.29 is 0 Å². The zero-order valence-electron chi connectivity index (χ0n) is 10.8. The van der Waals surface area contributed by atoms with E-state index in [2.05, 4.69) is 24.3 Å². The zero-order valence-corrected chi connectivity index (χ0v) is 10.8. The minimum Gasteiger partial charge on any atom is -0.282 e. The van der Waals surface area contributed by atoms with Crippen molar-refractivity contribution >= 4 is 11.4 Å². The Morgan fingerprint density at radius 3 is 1.42 bits per heavy atom. The van der Waals surface area contributed by atoms with Gasteiger partial charge in [0.15, 0.2) is 0 Å². The molecule has 94 valence electrons. The highest BCUT2D eigenvalue weighted by molar-refractivity contribution is 6.53. The zero-order chi connectivity index (χ0) is 12.9. The van der Waals surface area contributed by atoms with Crippen molar-refractivity contribution in [2.75, 3.05) is 13.1 Å². The molecule has 0 unspecified atom stereocenters. The molecular weight excluding hydrogens is 232 g/mol. The van der Waals surface area contributed by atoms with E-state index in [4.69, 9.17) is 9.98 Å². The summed E-state index contributed by atoms with van der Waals surface area (Å²) >= 11 is 0. The average Bonchev–Trinajstić information content (AvgIpc) is 2.75. The molecule has 2 heteroatoms. The van der Waals surface area contributed by atoms with Crippen LogP contribution in [-0.4, -0.2) is 24.5 Å². The minimum atomic E-state index is 0.851. The molecule has 19 heavy (non-hydrogen) atoms. The highest BCUT2D eigenvalue weighted by Crippen LogP contribution is 2.12. The highest BCUT2D eigenvalue weighted by Gasteiger charge is 2.15. The monoisotopic (exact) mass is 248 g/mol. The lowest BCUT2D eigenvalue weighted by atomic mass is 10.00. The third kappa shape index (κ3) is 2.63.